The zero-order valence-corrected chi connectivity index (χ0v) is 7.77. The summed E-state index contributed by atoms with van der Waals surface area (Å²) in [7, 11) is 0. The third-order valence-electron chi connectivity index (χ3n) is 1.73. The average Bonchev–Trinajstić information content (AvgIpc) is 2.15. The smallest absolute Gasteiger partial charge is 0.115 e. The Balaban J connectivity index is 2.50. The highest BCUT2D eigenvalue weighted by molar-refractivity contribution is 5.27. The number of phenols is 1. The number of hydrogen-bond donors (Lipinski definition) is 1. The fourth-order valence-electron chi connectivity index (χ4n) is 1.03. The van der Waals surface area contributed by atoms with E-state index in [1.165, 1.54) is 5.56 Å². The second-order valence-corrected chi connectivity index (χ2v) is 2.82. The van der Waals surface area contributed by atoms with Crippen LogP contribution in [0.4, 0.5) is 0 Å². The van der Waals surface area contributed by atoms with Gasteiger partial charge in [0.25, 0.3) is 0 Å². The Bertz CT molecular complexity index is 293. The lowest BCUT2D eigenvalue weighted by atomic mass is 10.1. The van der Waals surface area contributed by atoms with Crippen molar-refractivity contribution in [2.45, 2.75) is 13.3 Å². The Morgan fingerprint density at radius 2 is 1.85 bits per heavy atom. The summed E-state index contributed by atoms with van der Waals surface area (Å²) in [5, 5.41) is 9.04. The van der Waals surface area contributed by atoms with Crippen molar-refractivity contribution in [3.63, 3.8) is 0 Å². The molecule has 0 aliphatic carbocycles. The average molecular weight is 174 g/mol. The van der Waals surface area contributed by atoms with E-state index in [2.05, 4.69) is 6.08 Å². The number of hydrogen-bond acceptors (Lipinski definition) is 1. The summed E-state index contributed by atoms with van der Waals surface area (Å²) in [6.45, 7) is 1.99. The van der Waals surface area contributed by atoms with E-state index in [0.29, 0.717) is 5.75 Å². The van der Waals surface area contributed by atoms with Crippen molar-refractivity contribution in [2.75, 3.05) is 0 Å². The Hall–Kier alpha value is -1.50. The molecule has 1 heteroatoms. The van der Waals surface area contributed by atoms with Gasteiger partial charge in [0.2, 0.25) is 0 Å². The van der Waals surface area contributed by atoms with Gasteiger partial charge in [-0.1, -0.05) is 36.4 Å². The van der Waals surface area contributed by atoms with Crippen LogP contribution in [0.5, 0.6) is 5.75 Å². The fraction of sp³-hybridized carbons (Fsp3) is 0.167. The third-order valence-corrected chi connectivity index (χ3v) is 1.73. The first-order valence-electron chi connectivity index (χ1n) is 4.38. The van der Waals surface area contributed by atoms with Gasteiger partial charge in [-0.15, -0.1) is 0 Å². The topological polar surface area (TPSA) is 20.2 Å². The summed E-state index contributed by atoms with van der Waals surface area (Å²) < 4.78 is 0. The Morgan fingerprint density at radius 1 is 1.15 bits per heavy atom. The highest BCUT2D eigenvalue weighted by Gasteiger charge is 1.88. The molecule has 0 unspecified atom stereocenters. The van der Waals surface area contributed by atoms with E-state index >= 15 is 0 Å². The summed E-state index contributed by atoms with van der Waals surface area (Å²) in [6.07, 6.45) is 9.01. The number of benzene rings is 1. The van der Waals surface area contributed by atoms with E-state index in [1.807, 2.05) is 37.3 Å². The monoisotopic (exact) mass is 174 g/mol. The Kier molecular flexibility index (Phi) is 3.83. The molecule has 0 atom stereocenters. The van der Waals surface area contributed by atoms with Crippen LogP contribution >= 0.6 is 0 Å². The van der Waals surface area contributed by atoms with Crippen molar-refractivity contribution in [3.8, 4) is 5.75 Å². The van der Waals surface area contributed by atoms with Crippen LogP contribution in [0.25, 0.3) is 0 Å². The highest BCUT2D eigenvalue weighted by Crippen LogP contribution is 2.10. The van der Waals surface area contributed by atoms with Gasteiger partial charge in [-0.25, -0.2) is 0 Å². The minimum absolute atomic E-state index is 0.321. The van der Waals surface area contributed by atoms with Crippen molar-refractivity contribution >= 4 is 0 Å². The second-order valence-electron chi connectivity index (χ2n) is 2.82. The van der Waals surface area contributed by atoms with Crippen LogP contribution in [0.15, 0.2) is 48.6 Å². The Labute approximate surface area is 79.0 Å². The van der Waals surface area contributed by atoms with Crippen molar-refractivity contribution in [2.24, 2.45) is 0 Å². The number of phenolic OH excluding ortho intramolecular Hbond substituents is 1. The molecule has 68 valence electrons. The number of rotatable bonds is 3. The molecule has 0 fully saturated rings. The van der Waals surface area contributed by atoms with E-state index in [1.54, 1.807) is 12.1 Å². The Morgan fingerprint density at radius 3 is 2.46 bits per heavy atom. The minimum atomic E-state index is 0.321. The molecule has 0 heterocycles. The maximum absolute atomic E-state index is 9.04. The standard InChI is InChI=1S/C12H14O/c1-2-3-4-5-6-11-7-9-12(13)10-8-11/h2-5,7-10,13H,6H2,1H3. The van der Waals surface area contributed by atoms with Gasteiger partial charge in [0.1, 0.15) is 5.75 Å². The van der Waals surface area contributed by atoms with Crippen LogP contribution in [0.1, 0.15) is 12.5 Å². The molecular formula is C12H14O. The van der Waals surface area contributed by atoms with Gasteiger partial charge in [-0.2, -0.15) is 0 Å². The minimum Gasteiger partial charge on any atom is -0.508 e. The van der Waals surface area contributed by atoms with Gasteiger partial charge in [0.15, 0.2) is 0 Å². The molecule has 1 nitrogen and oxygen atoms in total. The quantitative estimate of drug-likeness (QED) is 0.698. The summed E-state index contributed by atoms with van der Waals surface area (Å²) in [5.74, 6) is 0.321. The lowest BCUT2D eigenvalue weighted by molar-refractivity contribution is 0.475. The molecule has 1 aromatic rings. The zero-order valence-electron chi connectivity index (χ0n) is 7.77. The van der Waals surface area contributed by atoms with Crippen molar-refractivity contribution in [1.29, 1.82) is 0 Å². The van der Waals surface area contributed by atoms with E-state index in [4.69, 9.17) is 5.11 Å². The van der Waals surface area contributed by atoms with E-state index in [0.717, 1.165) is 6.42 Å². The molecule has 0 amide bonds. The van der Waals surface area contributed by atoms with Crippen LogP contribution < -0.4 is 0 Å². The molecular weight excluding hydrogens is 160 g/mol. The van der Waals surface area contributed by atoms with E-state index < -0.39 is 0 Å². The summed E-state index contributed by atoms with van der Waals surface area (Å²) in [5.41, 5.74) is 1.21. The second kappa shape index (κ2) is 5.20. The zero-order chi connectivity index (χ0) is 9.52. The third kappa shape index (κ3) is 3.61. The molecule has 0 aromatic heterocycles. The lowest BCUT2D eigenvalue weighted by Crippen LogP contribution is -1.78. The number of aromatic hydroxyl groups is 1. The van der Waals surface area contributed by atoms with Crippen molar-refractivity contribution < 1.29 is 5.11 Å². The SMILES string of the molecule is CC=CC=CCc1ccc(O)cc1. The maximum atomic E-state index is 9.04. The van der Waals surface area contributed by atoms with Crippen LogP contribution in [0.2, 0.25) is 0 Å². The normalized spacial score (nSPS) is 11.5. The van der Waals surface area contributed by atoms with Crippen LogP contribution in [0.3, 0.4) is 0 Å². The first-order chi connectivity index (χ1) is 6.33. The molecule has 1 N–H and O–H groups in total. The van der Waals surface area contributed by atoms with E-state index in [9.17, 15) is 0 Å². The molecule has 0 saturated heterocycles. The van der Waals surface area contributed by atoms with Crippen molar-refractivity contribution in [3.05, 3.63) is 54.1 Å². The molecule has 0 spiro atoms. The summed E-state index contributed by atoms with van der Waals surface area (Å²) >= 11 is 0. The largest absolute Gasteiger partial charge is 0.508 e. The fourth-order valence-corrected chi connectivity index (χ4v) is 1.03. The molecule has 13 heavy (non-hydrogen) atoms. The molecule has 0 aliphatic heterocycles. The molecule has 0 aliphatic rings. The summed E-state index contributed by atoms with van der Waals surface area (Å²) in [4.78, 5) is 0. The van der Waals surface area contributed by atoms with Gasteiger partial charge in [-0.05, 0) is 31.0 Å². The first kappa shape index (κ1) is 9.59. The first-order valence-corrected chi connectivity index (χ1v) is 4.38. The molecule has 1 rings (SSSR count). The van der Waals surface area contributed by atoms with Crippen molar-refractivity contribution in [1.82, 2.24) is 0 Å². The lowest BCUT2D eigenvalue weighted by Gasteiger charge is -1.95. The molecule has 0 radical (unpaired) electrons. The van der Waals surface area contributed by atoms with Crippen LogP contribution in [0, 0.1) is 0 Å². The molecule has 0 bridgehead atoms. The highest BCUT2D eigenvalue weighted by atomic mass is 16.3. The predicted octanol–water partition coefficient (Wildman–Crippen LogP) is 3.07. The predicted molar refractivity (Wildman–Crippen MR) is 55.8 cm³/mol. The maximum Gasteiger partial charge on any atom is 0.115 e. The van der Waals surface area contributed by atoms with Gasteiger partial charge in [-0.3, -0.25) is 0 Å². The van der Waals surface area contributed by atoms with Gasteiger partial charge < -0.3 is 5.11 Å². The van der Waals surface area contributed by atoms with E-state index in [-0.39, 0.29) is 0 Å². The van der Waals surface area contributed by atoms with Crippen LogP contribution in [-0.4, -0.2) is 5.11 Å². The number of allylic oxidation sites excluding steroid dienone is 4. The van der Waals surface area contributed by atoms with Gasteiger partial charge in [0.05, 0.1) is 0 Å². The molecule has 0 saturated carbocycles. The van der Waals surface area contributed by atoms with Gasteiger partial charge >= 0.3 is 0 Å². The molecule has 1 aromatic carbocycles. The summed E-state index contributed by atoms with van der Waals surface area (Å²) in [6, 6.07) is 7.27. The van der Waals surface area contributed by atoms with Gasteiger partial charge in [0, 0.05) is 0 Å². The van der Waals surface area contributed by atoms with Crippen LogP contribution in [-0.2, 0) is 6.42 Å².